The molecule has 0 saturated carbocycles. The molecule has 0 fully saturated rings. The molecule has 0 aromatic heterocycles. The van der Waals surface area contributed by atoms with Crippen molar-refractivity contribution in [2.24, 2.45) is 0 Å². The third-order valence-corrected chi connectivity index (χ3v) is 4.51. The molecule has 22 heavy (non-hydrogen) atoms. The monoisotopic (exact) mass is 336 g/mol. The minimum atomic E-state index is -3.82. The van der Waals surface area contributed by atoms with E-state index >= 15 is 0 Å². The number of benzene rings is 2. The molecular formula is C15H13ClN2O3S. The number of para-hydroxylation sites is 1. The Morgan fingerprint density at radius 1 is 1.27 bits per heavy atom. The van der Waals surface area contributed by atoms with Crippen LogP contribution in [0.3, 0.4) is 0 Å². The van der Waals surface area contributed by atoms with Crippen LogP contribution in [0.5, 0.6) is 5.75 Å². The lowest BCUT2D eigenvalue weighted by atomic mass is 10.2. The molecule has 0 heterocycles. The van der Waals surface area contributed by atoms with Gasteiger partial charge in [0.05, 0.1) is 22.9 Å². The Kier molecular flexibility index (Phi) is 4.91. The third kappa shape index (κ3) is 3.50. The van der Waals surface area contributed by atoms with E-state index in [4.69, 9.17) is 21.6 Å². The molecule has 0 aliphatic carbocycles. The molecule has 0 unspecified atom stereocenters. The molecule has 0 atom stereocenters. The number of nitriles is 1. The van der Waals surface area contributed by atoms with Crippen LogP contribution in [0.25, 0.3) is 0 Å². The molecule has 2 aromatic rings. The smallest absolute Gasteiger partial charge is 0.265 e. The van der Waals surface area contributed by atoms with E-state index in [2.05, 4.69) is 4.72 Å². The molecule has 5 nitrogen and oxygen atoms in total. The number of nitrogens with zero attached hydrogens (tertiary/aromatic N) is 1. The zero-order chi connectivity index (χ0) is 16.2. The molecule has 0 radical (unpaired) electrons. The number of sulfonamides is 1. The Morgan fingerprint density at radius 3 is 2.64 bits per heavy atom. The van der Waals surface area contributed by atoms with E-state index in [0.29, 0.717) is 6.61 Å². The third-order valence-electron chi connectivity index (χ3n) is 2.78. The van der Waals surface area contributed by atoms with Crippen molar-refractivity contribution in [3.8, 4) is 11.8 Å². The SMILES string of the molecule is CCOc1ccccc1S(=O)(=O)Nc1ccc(C#N)c(Cl)c1. The summed E-state index contributed by atoms with van der Waals surface area (Å²) in [4.78, 5) is 0.0392. The molecule has 0 aliphatic rings. The van der Waals surface area contributed by atoms with E-state index in [1.54, 1.807) is 25.1 Å². The number of ether oxygens (including phenoxy) is 1. The topological polar surface area (TPSA) is 79.2 Å². The minimum absolute atomic E-state index is 0.0392. The van der Waals surface area contributed by atoms with E-state index < -0.39 is 10.0 Å². The number of halogens is 1. The van der Waals surface area contributed by atoms with Crippen LogP contribution in [0.15, 0.2) is 47.4 Å². The molecule has 0 aliphatic heterocycles. The largest absolute Gasteiger partial charge is 0.492 e. The quantitative estimate of drug-likeness (QED) is 0.907. The van der Waals surface area contributed by atoms with Gasteiger partial charge in [0.25, 0.3) is 10.0 Å². The Hall–Kier alpha value is -2.23. The van der Waals surface area contributed by atoms with Crippen LogP contribution in [-0.4, -0.2) is 15.0 Å². The number of hydrogen-bond acceptors (Lipinski definition) is 4. The van der Waals surface area contributed by atoms with Crippen molar-refractivity contribution in [3.05, 3.63) is 53.1 Å². The first-order valence-corrected chi connectivity index (χ1v) is 8.28. The van der Waals surface area contributed by atoms with E-state index in [0.717, 1.165) is 0 Å². The van der Waals surface area contributed by atoms with E-state index in [9.17, 15) is 8.42 Å². The Morgan fingerprint density at radius 2 is 2.00 bits per heavy atom. The second-order valence-corrected chi connectivity index (χ2v) is 6.35. The fraction of sp³-hybridized carbons (Fsp3) is 0.133. The van der Waals surface area contributed by atoms with Crippen LogP contribution in [0.4, 0.5) is 5.69 Å². The van der Waals surface area contributed by atoms with Crippen LogP contribution >= 0.6 is 11.6 Å². The van der Waals surface area contributed by atoms with Gasteiger partial charge in [-0.3, -0.25) is 4.72 Å². The van der Waals surface area contributed by atoms with Gasteiger partial charge in [0.1, 0.15) is 16.7 Å². The summed E-state index contributed by atoms with van der Waals surface area (Å²) in [5.74, 6) is 0.275. The fourth-order valence-electron chi connectivity index (χ4n) is 1.83. The minimum Gasteiger partial charge on any atom is -0.492 e. The summed E-state index contributed by atoms with van der Waals surface area (Å²) in [5, 5.41) is 9.01. The van der Waals surface area contributed by atoms with Gasteiger partial charge >= 0.3 is 0 Å². The summed E-state index contributed by atoms with van der Waals surface area (Å²) in [6, 6.07) is 12.6. The summed E-state index contributed by atoms with van der Waals surface area (Å²) in [6.45, 7) is 2.13. The van der Waals surface area contributed by atoms with Gasteiger partial charge in [0, 0.05) is 0 Å². The van der Waals surface area contributed by atoms with Gasteiger partial charge in [-0.05, 0) is 37.3 Å². The standard InChI is InChI=1S/C15H13ClN2O3S/c1-2-21-14-5-3-4-6-15(14)22(19,20)18-12-8-7-11(10-17)13(16)9-12/h3-9,18H,2H2,1H3. The fourth-order valence-corrected chi connectivity index (χ4v) is 3.25. The maximum absolute atomic E-state index is 12.5. The summed E-state index contributed by atoms with van der Waals surface area (Å²) >= 11 is 5.90. The number of anilines is 1. The van der Waals surface area contributed by atoms with Crippen LogP contribution in [0.2, 0.25) is 5.02 Å². The zero-order valence-corrected chi connectivity index (χ0v) is 13.3. The average Bonchev–Trinajstić information content (AvgIpc) is 2.48. The van der Waals surface area contributed by atoms with Gasteiger partial charge in [-0.15, -0.1) is 0 Å². The van der Waals surface area contributed by atoms with Crippen LogP contribution in [0.1, 0.15) is 12.5 Å². The molecule has 0 amide bonds. The normalized spacial score (nSPS) is 10.8. The number of nitrogens with one attached hydrogen (secondary N) is 1. The van der Waals surface area contributed by atoms with Crippen molar-refractivity contribution in [2.45, 2.75) is 11.8 Å². The first-order valence-electron chi connectivity index (χ1n) is 6.42. The van der Waals surface area contributed by atoms with Crippen molar-refractivity contribution in [3.63, 3.8) is 0 Å². The second kappa shape index (κ2) is 6.69. The zero-order valence-electron chi connectivity index (χ0n) is 11.7. The lowest BCUT2D eigenvalue weighted by Gasteiger charge is -2.12. The highest BCUT2D eigenvalue weighted by atomic mass is 35.5. The molecule has 0 spiro atoms. The summed E-state index contributed by atoms with van der Waals surface area (Å²) in [5.41, 5.74) is 0.551. The van der Waals surface area contributed by atoms with Gasteiger partial charge in [0.15, 0.2) is 0 Å². The van der Waals surface area contributed by atoms with Gasteiger partial charge in [-0.25, -0.2) is 8.42 Å². The average molecular weight is 337 g/mol. The number of rotatable bonds is 5. The van der Waals surface area contributed by atoms with Gasteiger partial charge in [-0.2, -0.15) is 5.26 Å². The molecule has 2 aromatic carbocycles. The highest BCUT2D eigenvalue weighted by molar-refractivity contribution is 7.92. The van der Waals surface area contributed by atoms with Crippen LogP contribution in [0, 0.1) is 11.3 Å². The molecular weight excluding hydrogens is 324 g/mol. The number of hydrogen-bond donors (Lipinski definition) is 1. The molecule has 1 N–H and O–H groups in total. The Bertz CT molecular complexity index is 829. The highest BCUT2D eigenvalue weighted by Crippen LogP contribution is 2.27. The van der Waals surface area contributed by atoms with E-state index in [1.807, 2.05) is 6.07 Å². The Balaban J connectivity index is 2.36. The molecule has 2 rings (SSSR count). The van der Waals surface area contributed by atoms with Crippen molar-refractivity contribution in [1.82, 2.24) is 0 Å². The predicted octanol–water partition coefficient (Wildman–Crippen LogP) is 3.41. The molecule has 114 valence electrons. The second-order valence-electron chi connectivity index (χ2n) is 4.29. The van der Waals surface area contributed by atoms with Gasteiger partial charge < -0.3 is 4.74 Å². The van der Waals surface area contributed by atoms with E-state index in [-0.39, 0.29) is 26.9 Å². The van der Waals surface area contributed by atoms with E-state index in [1.165, 1.54) is 24.3 Å². The predicted molar refractivity (Wildman–Crippen MR) is 84.6 cm³/mol. The van der Waals surface area contributed by atoms with Crippen LogP contribution in [-0.2, 0) is 10.0 Å². The Labute approximate surface area is 134 Å². The molecule has 0 saturated heterocycles. The first-order chi connectivity index (χ1) is 10.5. The van der Waals surface area contributed by atoms with Crippen molar-refractivity contribution in [2.75, 3.05) is 11.3 Å². The molecule has 7 heteroatoms. The van der Waals surface area contributed by atoms with Crippen molar-refractivity contribution >= 4 is 27.3 Å². The van der Waals surface area contributed by atoms with Crippen LogP contribution < -0.4 is 9.46 Å². The van der Waals surface area contributed by atoms with Crippen molar-refractivity contribution < 1.29 is 13.2 Å². The van der Waals surface area contributed by atoms with Gasteiger partial charge in [-0.1, -0.05) is 23.7 Å². The molecule has 0 bridgehead atoms. The summed E-state index contributed by atoms with van der Waals surface area (Å²) in [7, 11) is -3.82. The first kappa shape index (κ1) is 16.1. The lowest BCUT2D eigenvalue weighted by Crippen LogP contribution is -2.14. The summed E-state index contributed by atoms with van der Waals surface area (Å²) in [6.07, 6.45) is 0. The van der Waals surface area contributed by atoms with Crippen molar-refractivity contribution in [1.29, 1.82) is 5.26 Å². The lowest BCUT2D eigenvalue weighted by molar-refractivity contribution is 0.331. The maximum atomic E-state index is 12.5. The van der Waals surface area contributed by atoms with Gasteiger partial charge in [0.2, 0.25) is 0 Å². The maximum Gasteiger partial charge on any atom is 0.265 e. The highest BCUT2D eigenvalue weighted by Gasteiger charge is 2.19. The summed E-state index contributed by atoms with van der Waals surface area (Å²) < 4.78 is 32.7.